The second-order valence-corrected chi connectivity index (χ2v) is 5.44. The van der Waals surface area contributed by atoms with Crippen LogP contribution in [0.1, 0.15) is 22.7 Å². The Bertz CT molecular complexity index is 895. The van der Waals surface area contributed by atoms with Gasteiger partial charge in [0.05, 0.1) is 27.2 Å². The monoisotopic (exact) mass is 342 g/mol. The highest BCUT2D eigenvalue weighted by Gasteiger charge is 2.36. The van der Waals surface area contributed by atoms with E-state index in [1.165, 1.54) is 0 Å². The molecule has 8 heteroatoms. The number of hydrogen-bond acceptors (Lipinski definition) is 7. The maximum absolute atomic E-state index is 9.64. The normalized spacial score (nSPS) is 15.9. The van der Waals surface area contributed by atoms with Crippen LogP contribution in [0.25, 0.3) is 0 Å². The smallest absolute Gasteiger partial charge is 0.244 e. The van der Waals surface area contributed by atoms with E-state index < -0.39 is 5.92 Å². The molecule has 1 aliphatic heterocycles. The Balaban J connectivity index is 2.30. The largest absolute Gasteiger partial charge is 0.496 e. The van der Waals surface area contributed by atoms with Gasteiger partial charge in [-0.1, -0.05) is 0 Å². The first kappa shape index (κ1) is 16.5. The molecule has 3 rings (SSSR count). The summed E-state index contributed by atoms with van der Waals surface area (Å²) in [6.45, 7) is 1.85. The Morgan fingerprint density at radius 3 is 2.40 bits per heavy atom. The van der Waals surface area contributed by atoms with E-state index in [9.17, 15) is 5.26 Å². The van der Waals surface area contributed by atoms with E-state index in [2.05, 4.69) is 16.3 Å². The number of fused-ring (bicyclic) bond motifs is 1. The summed E-state index contributed by atoms with van der Waals surface area (Å²) >= 11 is 0. The van der Waals surface area contributed by atoms with Crippen molar-refractivity contribution in [3.63, 3.8) is 0 Å². The number of methoxy groups -OCH3 is 3. The number of aromatic nitrogens is 2. The zero-order valence-corrected chi connectivity index (χ0v) is 14.3. The van der Waals surface area contributed by atoms with E-state index in [1.807, 2.05) is 6.92 Å². The third-order valence-electron chi connectivity index (χ3n) is 4.18. The van der Waals surface area contributed by atoms with Crippen LogP contribution in [0, 0.1) is 18.3 Å². The first-order chi connectivity index (χ1) is 12.0. The van der Waals surface area contributed by atoms with Crippen LogP contribution in [0.15, 0.2) is 23.6 Å². The summed E-state index contributed by atoms with van der Waals surface area (Å²) in [7, 11) is 4.64. The van der Waals surface area contributed by atoms with E-state index in [-0.39, 0.29) is 11.5 Å². The van der Waals surface area contributed by atoms with Crippen molar-refractivity contribution < 1.29 is 18.9 Å². The number of H-pyrrole nitrogens is 1. The summed E-state index contributed by atoms with van der Waals surface area (Å²) in [5.41, 5.74) is 8.43. The summed E-state index contributed by atoms with van der Waals surface area (Å²) in [6.07, 6.45) is 0. The molecule has 130 valence electrons. The molecule has 2 heterocycles. The van der Waals surface area contributed by atoms with Gasteiger partial charge in [0.1, 0.15) is 17.4 Å². The summed E-state index contributed by atoms with van der Waals surface area (Å²) in [4.78, 5) is 0. The fourth-order valence-corrected chi connectivity index (χ4v) is 2.99. The lowest BCUT2D eigenvalue weighted by atomic mass is 9.83. The van der Waals surface area contributed by atoms with E-state index >= 15 is 0 Å². The van der Waals surface area contributed by atoms with Crippen LogP contribution in [0.5, 0.6) is 23.1 Å². The molecule has 1 atom stereocenters. The highest BCUT2D eigenvalue weighted by atomic mass is 16.5. The second-order valence-electron chi connectivity index (χ2n) is 5.44. The number of aryl methyl sites for hydroxylation is 1. The van der Waals surface area contributed by atoms with Crippen LogP contribution in [0.4, 0.5) is 0 Å². The lowest BCUT2D eigenvalue weighted by molar-refractivity contribution is 0.346. The maximum Gasteiger partial charge on any atom is 0.244 e. The Hall–Kier alpha value is -3.34. The Morgan fingerprint density at radius 1 is 1.16 bits per heavy atom. The topological polar surface area (TPSA) is 115 Å². The minimum absolute atomic E-state index is 0.0170. The van der Waals surface area contributed by atoms with E-state index in [0.29, 0.717) is 28.7 Å². The number of nitrogens with zero attached hydrogens (tertiary/aromatic N) is 2. The Labute approximate surface area is 144 Å². The lowest BCUT2D eigenvalue weighted by Gasteiger charge is -2.25. The van der Waals surface area contributed by atoms with Gasteiger partial charge in [0.2, 0.25) is 11.8 Å². The van der Waals surface area contributed by atoms with Gasteiger partial charge in [0.15, 0.2) is 11.5 Å². The van der Waals surface area contributed by atoms with Crippen molar-refractivity contribution >= 4 is 0 Å². The zero-order chi connectivity index (χ0) is 18.1. The number of nitrogens with two attached hydrogens (primary N) is 1. The molecule has 0 aliphatic carbocycles. The molecule has 25 heavy (non-hydrogen) atoms. The quantitative estimate of drug-likeness (QED) is 0.872. The minimum Gasteiger partial charge on any atom is -0.496 e. The van der Waals surface area contributed by atoms with Crippen molar-refractivity contribution in [3.05, 3.63) is 40.4 Å². The van der Waals surface area contributed by atoms with E-state index in [4.69, 9.17) is 24.7 Å². The molecule has 1 aromatic heterocycles. The third kappa shape index (κ3) is 2.50. The number of benzene rings is 1. The van der Waals surface area contributed by atoms with Gasteiger partial charge < -0.3 is 24.7 Å². The van der Waals surface area contributed by atoms with Gasteiger partial charge in [-0.25, -0.2) is 0 Å². The van der Waals surface area contributed by atoms with Crippen molar-refractivity contribution in [1.82, 2.24) is 10.2 Å². The standard InChI is InChI=1S/C17H18N4O4/c1-8-14-15(10(7-18)16(19)25-17(14)21-20-8)9-5-12(23-3)13(24-4)6-11(9)22-2/h5-6,15H,19H2,1-4H3,(H,20,21). The molecule has 1 aliphatic rings. The lowest BCUT2D eigenvalue weighted by Crippen LogP contribution is -2.21. The van der Waals surface area contributed by atoms with Gasteiger partial charge in [-0.3, -0.25) is 5.10 Å². The summed E-state index contributed by atoms with van der Waals surface area (Å²) in [5.74, 6) is 1.44. The molecule has 0 saturated heterocycles. The molecule has 3 N–H and O–H groups in total. The van der Waals surface area contributed by atoms with Crippen LogP contribution in [0.2, 0.25) is 0 Å². The van der Waals surface area contributed by atoms with Gasteiger partial charge in [-0.05, 0) is 13.0 Å². The number of allylic oxidation sites excluding steroid dienone is 1. The summed E-state index contributed by atoms with van der Waals surface area (Å²) in [6, 6.07) is 5.62. The first-order valence-electron chi connectivity index (χ1n) is 7.48. The van der Waals surface area contributed by atoms with Crippen molar-refractivity contribution in [1.29, 1.82) is 5.26 Å². The third-order valence-corrected chi connectivity index (χ3v) is 4.18. The van der Waals surface area contributed by atoms with Gasteiger partial charge in [0.25, 0.3) is 0 Å². The van der Waals surface area contributed by atoms with Crippen LogP contribution < -0.4 is 24.7 Å². The molecular weight excluding hydrogens is 324 g/mol. The molecule has 0 fully saturated rings. The van der Waals surface area contributed by atoms with Crippen LogP contribution in [0.3, 0.4) is 0 Å². The SMILES string of the molecule is COc1cc(OC)c(C2C(C#N)=C(N)Oc3n[nH]c(C)c32)cc1OC. The molecule has 0 amide bonds. The van der Waals surface area contributed by atoms with Crippen molar-refractivity contribution in [3.8, 4) is 29.2 Å². The highest BCUT2D eigenvalue weighted by molar-refractivity contribution is 5.61. The number of nitrogens with one attached hydrogen (secondary N) is 1. The van der Waals surface area contributed by atoms with Crippen LogP contribution in [-0.2, 0) is 0 Å². The highest BCUT2D eigenvalue weighted by Crippen LogP contribution is 2.48. The fraction of sp³-hybridized carbons (Fsp3) is 0.294. The predicted octanol–water partition coefficient (Wildman–Crippen LogP) is 1.96. The summed E-state index contributed by atoms with van der Waals surface area (Å²) < 4.78 is 21.7. The molecule has 0 saturated carbocycles. The molecule has 0 spiro atoms. The Morgan fingerprint density at radius 2 is 1.80 bits per heavy atom. The minimum atomic E-state index is -0.498. The second kappa shape index (κ2) is 6.28. The number of nitriles is 1. The van der Waals surface area contributed by atoms with Gasteiger partial charge in [-0.15, -0.1) is 5.10 Å². The molecule has 1 aromatic carbocycles. The summed E-state index contributed by atoms with van der Waals surface area (Å²) in [5, 5.41) is 16.6. The fourth-order valence-electron chi connectivity index (χ4n) is 2.99. The van der Waals surface area contributed by atoms with Gasteiger partial charge in [-0.2, -0.15) is 5.26 Å². The van der Waals surface area contributed by atoms with Crippen molar-refractivity contribution in [2.45, 2.75) is 12.8 Å². The van der Waals surface area contributed by atoms with Gasteiger partial charge in [0, 0.05) is 22.9 Å². The number of hydrogen-bond donors (Lipinski definition) is 2. The van der Waals surface area contributed by atoms with Gasteiger partial charge >= 0.3 is 0 Å². The number of ether oxygens (including phenoxy) is 4. The molecular formula is C17H18N4O4. The number of aromatic amines is 1. The molecule has 1 unspecified atom stereocenters. The average Bonchev–Trinajstić information content (AvgIpc) is 2.99. The molecule has 2 aromatic rings. The van der Waals surface area contributed by atoms with Crippen molar-refractivity contribution in [2.75, 3.05) is 21.3 Å². The maximum atomic E-state index is 9.64. The van der Waals surface area contributed by atoms with Crippen molar-refractivity contribution in [2.24, 2.45) is 5.73 Å². The molecule has 0 bridgehead atoms. The first-order valence-corrected chi connectivity index (χ1v) is 7.48. The molecule has 8 nitrogen and oxygen atoms in total. The zero-order valence-electron chi connectivity index (χ0n) is 14.3. The molecule has 0 radical (unpaired) electrons. The predicted molar refractivity (Wildman–Crippen MR) is 88.7 cm³/mol. The van der Waals surface area contributed by atoms with E-state index in [1.54, 1.807) is 33.5 Å². The Kier molecular flexibility index (Phi) is 4.15. The van der Waals surface area contributed by atoms with E-state index in [0.717, 1.165) is 11.3 Å². The van der Waals surface area contributed by atoms with Crippen LogP contribution >= 0.6 is 0 Å². The number of rotatable bonds is 4. The average molecular weight is 342 g/mol. The van der Waals surface area contributed by atoms with Crippen LogP contribution in [-0.4, -0.2) is 31.5 Å².